The molecule has 0 heterocycles. The molecular weight excluding hydrogens is 1090 g/mol. The summed E-state index contributed by atoms with van der Waals surface area (Å²) < 4.78 is 71.2. The van der Waals surface area contributed by atoms with Gasteiger partial charge in [0.25, 0.3) is 0 Å². The Bertz CT molecular complexity index is 1550. The molecule has 0 N–H and O–H groups in total. The molecule has 0 aliphatic heterocycles. The van der Waals surface area contributed by atoms with Crippen molar-refractivity contribution in [3.8, 4) is 0 Å². The van der Waals surface area contributed by atoms with Crippen molar-refractivity contribution in [2.75, 3.05) is 0 Å². The van der Waals surface area contributed by atoms with Crippen LogP contribution in [0.3, 0.4) is 0 Å². The third kappa shape index (κ3) is 37.6. The molecule has 0 fully saturated rings. The van der Waals surface area contributed by atoms with E-state index < -0.39 is 20.2 Å². The Hall–Kier alpha value is -0.818. The van der Waals surface area contributed by atoms with E-state index in [-0.39, 0.29) is 37.1 Å². The van der Waals surface area contributed by atoms with Crippen LogP contribution in [-0.2, 0) is 45.9 Å². The van der Waals surface area contributed by atoms with Gasteiger partial charge in [-0.15, -0.1) is 0 Å². The van der Waals surface area contributed by atoms with Gasteiger partial charge in [-0.25, -0.2) is 16.8 Å². The standard InChI is InChI=1S/2C30H54O3S.Pb/c2*1-3-5-7-9-11-13-15-17-19-21-24-28-25-23-27-30(34(31,32)33)29(28)26-22-20-18-16-14-12-10-8-6-4-2;/h2*23,25,27H,3-22,24,26H2,1-2H3,(H,31,32,33);/q;;+2/p-2. The minimum atomic E-state index is -4.42. The van der Waals surface area contributed by atoms with Gasteiger partial charge in [0.05, 0.1) is 9.79 Å². The molecule has 2 rings (SSSR count). The fourth-order valence-electron chi connectivity index (χ4n) is 9.91. The molecule has 6 nitrogen and oxygen atoms in total. The molecule has 0 atom stereocenters. The summed E-state index contributed by atoms with van der Waals surface area (Å²) in [4.78, 5) is 0.0426. The number of hydrogen-bond donors (Lipinski definition) is 0. The fourth-order valence-corrected chi connectivity index (χ4v) is 11.5. The molecule has 398 valence electrons. The van der Waals surface area contributed by atoms with E-state index in [1.807, 2.05) is 12.1 Å². The molecule has 0 amide bonds. The van der Waals surface area contributed by atoms with Crippen LogP contribution in [0.5, 0.6) is 0 Å². The monoisotopic (exact) mass is 1190 g/mol. The molecule has 0 saturated carbocycles. The number of unbranched alkanes of at least 4 members (excludes halogenated alkanes) is 36. The van der Waals surface area contributed by atoms with E-state index in [0.29, 0.717) is 12.8 Å². The first-order chi connectivity index (χ1) is 33.0. The number of hydrogen-bond acceptors (Lipinski definition) is 6. The van der Waals surface area contributed by atoms with Crippen LogP contribution in [0, 0.1) is 0 Å². The molecule has 0 unspecified atom stereocenters. The fraction of sp³-hybridized carbons (Fsp3) is 0.800. The summed E-state index contributed by atoms with van der Waals surface area (Å²) in [5, 5.41) is 0. The molecule has 0 bridgehead atoms. The van der Waals surface area contributed by atoms with E-state index >= 15 is 0 Å². The van der Waals surface area contributed by atoms with Gasteiger partial charge in [0.15, 0.2) is 0 Å². The Labute approximate surface area is 449 Å². The zero-order valence-electron chi connectivity index (χ0n) is 45.3. The van der Waals surface area contributed by atoms with E-state index in [1.54, 1.807) is 12.1 Å². The summed E-state index contributed by atoms with van der Waals surface area (Å²) in [7, 11) is -8.84. The Morgan fingerprint density at radius 3 is 0.681 bits per heavy atom. The molecule has 2 aromatic rings. The van der Waals surface area contributed by atoms with Gasteiger partial charge in [-0.05, 0) is 85.8 Å². The Balaban J connectivity index is 0.00000132. The van der Waals surface area contributed by atoms with Crippen LogP contribution in [0.4, 0.5) is 0 Å². The summed E-state index contributed by atoms with van der Waals surface area (Å²) in [6, 6.07) is 10.6. The van der Waals surface area contributed by atoms with Crippen molar-refractivity contribution in [2.24, 2.45) is 0 Å². The van der Waals surface area contributed by atoms with Crippen molar-refractivity contribution in [1.82, 2.24) is 0 Å². The maximum absolute atomic E-state index is 11.9. The second-order valence-corrected chi connectivity index (χ2v) is 23.1. The van der Waals surface area contributed by atoms with Crippen LogP contribution >= 0.6 is 0 Å². The zero-order chi connectivity index (χ0) is 49.8. The van der Waals surface area contributed by atoms with Gasteiger partial charge in [0.2, 0.25) is 0 Å². The van der Waals surface area contributed by atoms with E-state index in [9.17, 15) is 25.9 Å². The van der Waals surface area contributed by atoms with Crippen LogP contribution in [0.1, 0.15) is 307 Å². The van der Waals surface area contributed by atoms with Gasteiger partial charge in [0, 0.05) is 0 Å². The summed E-state index contributed by atoms with van der Waals surface area (Å²) >= 11 is 0. The summed E-state index contributed by atoms with van der Waals surface area (Å²) in [6.45, 7) is 9.01. The van der Waals surface area contributed by atoms with Crippen molar-refractivity contribution in [2.45, 2.75) is 320 Å². The first-order valence-corrected chi connectivity index (χ1v) is 32.0. The van der Waals surface area contributed by atoms with Gasteiger partial charge in [0.1, 0.15) is 20.2 Å². The van der Waals surface area contributed by atoms with Crippen LogP contribution in [0.2, 0.25) is 0 Å². The first kappa shape index (κ1) is 68.2. The van der Waals surface area contributed by atoms with E-state index in [4.69, 9.17) is 0 Å². The smallest absolute Gasteiger partial charge is 0.744 e. The topological polar surface area (TPSA) is 114 Å². The Kier molecular flexibility index (Phi) is 46.4. The van der Waals surface area contributed by atoms with E-state index in [0.717, 1.165) is 73.6 Å². The van der Waals surface area contributed by atoms with Crippen molar-refractivity contribution < 1.29 is 25.9 Å². The van der Waals surface area contributed by atoms with E-state index in [1.165, 1.54) is 230 Å². The molecule has 0 aliphatic carbocycles. The molecule has 0 aliphatic rings. The SMILES string of the molecule is CCCCCCCCCCCCc1cccc(S(=O)(=O)[O-])c1CCCCCCCCCCCC.CCCCCCCCCCCCc1cccc(S(=O)(=O)[O-])c1CCCCCCCCCCCC.[Pb+2]. The average Bonchev–Trinajstić information content (AvgIpc) is 3.31. The summed E-state index contributed by atoms with van der Waals surface area (Å²) in [5.74, 6) is 0. The summed E-state index contributed by atoms with van der Waals surface area (Å²) in [5.41, 5.74) is 3.75. The third-order valence-corrected chi connectivity index (χ3v) is 16.0. The van der Waals surface area contributed by atoms with Crippen molar-refractivity contribution >= 4 is 47.5 Å². The van der Waals surface area contributed by atoms with Crippen LogP contribution in [0.25, 0.3) is 0 Å². The molecule has 0 aromatic heterocycles. The molecule has 9 heteroatoms. The second-order valence-electron chi connectivity index (χ2n) is 20.4. The maximum atomic E-state index is 11.9. The molecule has 69 heavy (non-hydrogen) atoms. The Morgan fingerprint density at radius 1 is 0.290 bits per heavy atom. The van der Waals surface area contributed by atoms with Gasteiger partial charge >= 0.3 is 27.3 Å². The van der Waals surface area contributed by atoms with Gasteiger partial charge in [-0.3, -0.25) is 0 Å². The quantitative estimate of drug-likeness (QED) is 0.0371. The largest absolute Gasteiger partial charge is 2.00 e. The third-order valence-electron chi connectivity index (χ3n) is 14.2. The predicted molar refractivity (Wildman–Crippen MR) is 297 cm³/mol. The van der Waals surface area contributed by atoms with Crippen molar-refractivity contribution in [1.29, 1.82) is 0 Å². The maximum Gasteiger partial charge on any atom is 2.00 e. The minimum absolute atomic E-state index is 0. The first-order valence-electron chi connectivity index (χ1n) is 29.1. The van der Waals surface area contributed by atoms with Crippen LogP contribution in [0.15, 0.2) is 46.2 Å². The number of aryl methyl sites for hydroxylation is 2. The molecule has 0 spiro atoms. The van der Waals surface area contributed by atoms with E-state index in [2.05, 4.69) is 27.7 Å². The summed E-state index contributed by atoms with van der Waals surface area (Å²) in [6.07, 6.45) is 54.0. The normalized spacial score (nSPS) is 11.7. The molecular formula is C60H106O6PbS2. The minimum Gasteiger partial charge on any atom is -0.744 e. The van der Waals surface area contributed by atoms with Crippen LogP contribution in [-0.4, -0.2) is 53.2 Å². The molecule has 2 radical (unpaired) electrons. The van der Waals surface area contributed by atoms with Gasteiger partial charge in [-0.1, -0.05) is 283 Å². The average molecular weight is 1190 g/mol. The van der Waals surface area contributed by atoms with Crippen molar-refractivity contribution in [3.05, 3.63) is 58.7 Å². The number of rotatable bonds is 46. The van der Waals surface area contributed by atoms with Gasteiger partial charge in [-0.2, -0.15) is 0 Å². The zero-order valence-corrected chi connectivity index (χ0v) is 50.9. The van der Waals surface area contributed by atoms with Gasteiger partial charge < -0.3 is 9.11 Å². The second kappa shape index (κ2) is 46.9. The van der Waals surface area contributed by atoms with Crippen LogP contribution < -0.4 is 0 Å². The number of benzene rings is 2. The van der Waals surface area contributed by atoms with Crippen molar-refractivity contribution in [3.63, 3.8) is 0 Å². The Morgan fingerprint density at radius 2 is 0.478 bits per heavy atom. The molecule has 0 saturated heterocycles. The molecule has 2 aromatic carbocycles. The predicted octanol–water partition coefficient (Wildman–Crippen LogP) is 18.7.